The highest BCUT2D eigenvalue weighted by molar-refractivity contribution is 7.15. The molecule has 10 heteroatoms. The van der Waals surface area contributed by atoms with Crippen LogP contribution < -0.4 is 10.6 Å². The quantitative estimate of drug-likeness (QED) is 0.513. The molecule has 1 aliphatic rings. The molecule has 0 bridgehead atoms. The molecule has 0 unspecified atom stereocenters. The lowest BCUT2D eigenvalue weighted by molar-refractivity contribution is -0.122. The van der Waals surface area contributed by atoms with Gasteiger partial charge in [0.05, 0.1) is 0 Å². The third-order valence-corrected chi connectivity index (χ3v) is 6.92. The molecule has 0 spiro atoms. The maximum absolute atomic E-state index is 12.8. The van der Waals surface area contributed by atoms with Crippen molar-refractivity contribution in [3.63, 3.8) is 0 Å². The Balaban J connectivity index is 1.23. The molecule has 2 N–H and O–H groups in total. The average Bonchev–Trinajstić information content (AvgIpc) is 3.35. The first kappa shape index (κ1) is 23.8. The van der Waals surface area contributed by atoms with E-state index >= 15 is 0 Å². The molecule has 0 saturated carbocycles. The molecular weight excluding hydrogens is 474 g/mol. The van der Waals surface area contributed by atoms with Gasteiger partial charge in [0, 0.05) is 36.8 Å². The van der Waals surface area contributed by atoms with E-state index in [0.717, 1.165) is 29.7 Å². The maximum atomic E-state index is 12.8. The Bertz CT molecular complexity index is 1160. The Morgan fingerprint density at radius 2 is 1.65 bits per heavy atom. The fourth-order valence-corrected chi connectivity index (χ4v) is 4.66. The molecule has 1 aromatic heterocycles. The van der Waals surface area contributed by atoms with E-state index < -0.39 is 5.91 Å². The number of halogens is 1. The lowest BCUT2D eigenvalue weighted by atomic mass is 9.93. The summed E-state index contributed by atoms with van der Waals surface area (Å²) in [4.78, 5) is 39.2. The molecule has 0 radical (unpaired) electrons. The zero-order chi connectivity index (χ0) is 23.9. The van der Waals surface area contributed by atoms with E-state index in [1.807, 2.05) is 36.4 Å². The number of aromatic nitrogens is 2. The number of rotatable bonds is 7. The minimum atomic E-state index is -0.399. The van der Waals surface area contributed by atoms with Crippen LogP contribution >= 0.6 is 22.9 Å². The Morgan fingerprint density at radius 1 is 0.971 bits per heavy atom. The highest BCUT2D eigenvalue weighted by Gasteiger charge is 2.28. The molecule has 2 heterocycles. The smallest absolute Gasteiger partial charge is 0.286 e. The standard InChI is InChI=1S/C24H24ClN5O3S/c25-19-9-5-4-6-17(19)15-26-20(31)14-16-10-12-30(13-11-16)24(33)23-29-28-22(34-23)21(32)27-18-7-2-1-3-8-18/h1-9,16H,10-15H2,(H,26,31)(H,27,32). The van der Waals surface area contributed by atoms with Gasteiger partial charge in [-0.1, -0.05) is 59.3 Å². The van der Waals surface area contributed by atoms with Gasteiger partial charge in [-0.05, 0) is 42.5 Å². The van der Waals surface area contributed by atoms with E-state index in [1.165, 1.54) is 0 Å². The first-order valence-electron chi connectivity index (χ1n) is 11.0. The average molecular weight is 498 g/mol. The summed E-state index contributed by atoms with van der Waals surface area (Å²) in [6, 6.07) is 16.4. The minimum absolute atomic E-state index is 0.0251. The van der Waals surface area contributed by atoms with Gasteiger partial charge in [-0.3, -0.25) is 14.4 Å². The molecule has 3 aromatic rings. The fourth-order valence-electron chi connectivity index (χ4n) is 3.75. The summed E-state index contributed by atoms with van der Waals surface area (Å²) in [5.74, 6) is -0.457. The molecule has 176 valence electrons. The third-order valence-electron chi connectivity index (χ3n) is 5.64. The van der Waals surface area contributed by atoms with E-state index in [2.05, 4.69) is 20.8 Å². The number of hydrogen-bond acceptors (Lipinski definition) is 6. The van der Waals surface area contributed by atoms with Gasteiger partial charge < -0.3 is 15.5 Å². The molecule has 1 fully saturated rings. The van der Waals surface area contributed by atoms with Crippen LogP contribution in [0.3, 0.4) is 0 Å². The van der Waals surface area contributed by atoms with Crippen molar-refractivity contribution < 1.29 is 14.4 Å². The van der Waals surface area contributed by atoms with Crippen LogP contribution in [0.25, 0.3) is 0 Å². The van der Waals surface area contributed by atoms with Crippen molar-refractivity contribution in [2.75, 3.05) is 18.4 Å². The first-order chi connectivity index (χ1) is 16.5. The highest BCUT2D eigenvalue weighted by atomic mass is 35.5. The van der Waals surface area contributed by atoms with Gasteiger partial charge in [-0.15, -0.1) is 10.2 Å². The van der Waals surface area contributed by atoms with Gasteiger partial charge in [0.25, 0.3) is 11.8 Å². The van der Waals surface area contributed by atoms with Crippen molar-refractivity contribution in [3.8, 4) is 0 Å². The highest BCUT2D eigenvalue weighted by Crippen LogP contribution is 2.23. The van der Waals surface area contributed by atoms with Crippen LogP contribution in [0.5, 0.6) is 0 Å². The molecule has 0 aliphatic carbocycles. The number of hydrogen-bond donors (Lipinski definition) is 2. The van der Waals surface area contributed by atoms with E-state index in [-0.39, 0.29) is 27.7 Å². The number of carbonyl (C=O) groups excluding carboxylic acids is 3. The predicted molar refractivity (Wildman–Crippen MR) is 131 cm³/mol. The lowest BCUT2D eigenvalue weighted by Gasteiger charge is -2.31. The van der Waals surface area contributed by atoms with Gasteiger partial charge in [-0.2, -0.15) is 0 Å². The van der Waals surface area contributed by atoms with Crippen molar-refractivity contribution in [2.45, 2.75) is 25.8 Å². The second-order valence-electron chi connectivity index (χ2n) is 8.04. The molecular formula is C24H24ClN5O3S. The van der Waals surface area contributed by atoms with Gasteiger partial charge in [0.15, 0.2) is 0 Å². The summed E-state index contributed by atoms with van der Waals surface area (Å²) >= 11 is 7.11. The second-order valence-corrected chi connectivity index (χ2v) is 9.43. The monoisotopic (exact) mass is 497 g/mol. The predicted octanol–water partition coefficient (Wildman–Crippen LogP) is 4.00. The Labute approximate surface area is 206 Å². The number of likely N-dealkylation sites (tertiary alicyclic amines) is 1. The number of piperidine rings is 1. The SMILES string of the molecule is O=C(CC1CCN(C(=O)c2nnc(C(=O)Nc3ccccc3)s2)CC1)NCc1ccccc1Cl. The maximum Gasteiger partial charge on any atom is 0.286 e. The summed E-state index contributed by atoms with van der Waals surface area (Å²) in [7, 11) is 0. The van der Waals surface area contributed by atoms with Crippen molar-refractivity contribution >= 4 is 46.3 Å². The minimum Gasteiger partial charge on any atom is -0.352 e. The summed E-state index contributed by atoms with van der Waals surface area (Å²) in [5.41, 5.74) is 1.53. The number of amides is 3. The normalized spacial score (nSPS) is 14.0. The Morgan fingerprint density at radius 3 is 2.38 bits per heavy atom. The lowest BCUT2D eigenvalue weighted by Crippen LogP contribution is -2.39. The molecule has 4 rings (SSSR count). The van der Waals surface area contributed by atoms with Gasteiger partial charge in [0.2, 0.25) is 15.9 Å². The molecule has 3 amide bonds. The molecule has 1 saturated heterocycles. The zero-order valence-corrected chi connectivity index (χ0v) is 19.9. The van der Waals surface area contributed by atoms with Crippen LogP contribution in [0.4, 0.5) is 5.69 Å². The number of carbonyl (C=O) groups is 3. The van der Waals surface area contributed by atoms with Crippen LogP contribution in [0.1, 0.15) is 44.4 Å². The van der Waals surface area contributed by atoms with E-state index in [9.17, 15) is 14.4 Å². The van der Waals surface area contributed by atoms with Gasteiger partial charge in [-0.25, -0.2) is 0 Å². The summed E-state index contributed by atoms with van der Waals surface area (Å²) in [6.45, 7) is 1.46. The van der Waals surface area contributed by atoms with E-state index in [1.54, 1.807) is 23.1 Å². The van der Waals surface area contributed by atoms with Crippen molar-refractivity contribution in [1.82, 2.24) is 20.4 Å². The topological polar surface area (TPSA) is 104 Å². The molecule has 8 nitrogen and oxygen atoms in total. The molecule has 2 aromatic carbocycles. The number of benzene rings is 2. The molecule has 0 atom stereocenters. The van der Waals surface area contributed by atoms with E-state index in [0.29, 0.717) is 36.8 Å². The number of para-hydroxylation sites is 1. The van der Waals surface area contributed by atoms with Gasteiger partial charge in [0.1, 0.15) is 0 Å². The molecule has 1 aliphatic heterocycles. The van der Waals surface area contributed by atoms with Crippen molar-refractivity contribution in [3.05, 3.63) is 75.2 Å². The van der Waals surface area contributed by atoms with Crippen LogP contribution in [-0.4, -0.2) is 45.9 Å². The second kappa shape index (κ2) is 11.2. The number of nitrogens with zero attached hydrogens (tertiary/aromatic N) is 3. The Kier molecular flexibility index (Phi) is 7.87. The van der Waals surface area contributed by atoms with E-state index in [4.69, 9.17) is 11.6 Å². The summed E-state index contributed by atoms with van der Waals surface area (Å²) in [5, 5.41) is 14.4. The summed E-state index contributed by atoms with van der Waals surface area (Å²) in [6.07, 6.45) is 1.87. The Hall–Kier alpha value is -3.30. The fraction of sp³-hybridized carbons (Fsp3) is 0.292. The van der Waals surface area contributed by atoms with Crippen LogP contribution in [0.2, 0.25) is 5.02 Å². The number of anilines is 1. The van der Waals surface area contributed by atoms with Gasteiger partial charge >= 0.3 is 0 Å². The summed E-state index contributed by atoms with van der Waals surface area (Å²) < 4.78 is 0. The van der Waals surface area contributed by atoms with Crippen molar-refractivity contribution in [2.24, 2.45) is 5.92 Å². The zero-order valence-electron chi connectivity index (χ0n) is 18.4. The largest absolute Gasteiger partial charge is 0.352 e. The van der Waals surface area contributed by atoms with Crippen LogP contribution in [0, 0.1) is 5.92 Å². The molecule has 34 heavy (non-hydrogen) atoms. The third kappa shape index (κ3) is 6.18. The van der Waals surface area contributed by atoms with Crippen molar-refractivity contribution in [1.29, 1.82) is 0 Å². The number of nitrogens with one attached hydrogen (secondary N) is 2. The first-order valence-corrected chi connectivity index (χ1v) is 12.2. The van der Waals surface area contributed by atoms with Crippen LogP contribution in [0.15, 0.2) is 54.6 Å². The van der Waals surface area contributed by atoms with Crippen LogP contribution in [-0.2, 0) is 11.3 Å².